The molecule has 0 aromatic heterocycles. The number of hydrogen-bond donors (Lipinski definition) is 0. The van der Waals surface area contributed by atoms with Gasteiger partial charge in [-0.25, -0.2) is 0 Å². The Morgan fingerprint density at radius 3 is 2.30 bits per heavy atom. The smallest absolute Gasteiger partial charge is 0.267 e. The molecule has 6 nitrogen and oxygen atoms in total. The van der Waals surface area contributed by atoms with Crippen molar-refractivity contribution in [2.75, 3.05) is 26.2 Å². The summed E-state index contributed by atoms with van der Waals surface area (Å²) >= 11 is 0. The van der Waals surface area contributed by atoms with Gasteiger partial charge in [0.2, 0.25) is 12.0 Å². The van der Waals surface area contributed by atoms with Crippen molar-refractivity contribution in [3.05, 3.63) is 24.3 Å². The Labute approximate surface area is 136 Å². The monoisotopic (exact) mass is 318 g/mol. The third-order valence-electron chi connectivity index (χ3n) is 4.34. The number of rotatable bonds is 1. The third-order valence-corrected chi connectivity index (χ3v) is 4.34. The second-order valence-corrected chi connectivity index (χ2v) is 5.99. The molecule has 2 amide bonds. The van der Waals surface area contributed by atoms with E-state index in [1.807, 2.05) is 25.1 Å². The molecule has 6 heteroatoms. The van der Waals surface area contributed by atoms with E-state index >= 15 is 0 Å². The van der Waals surface area contributed by atoms with Crippen LogP contribution in [0.15, 0.2) is 24.3 Å². The van der Waals surface area contributed by atoms with Gasteiger partial charge in [0.05, 0.1) is 0 Å². The first-order valence-electron chi connectivity index (χ1n) is 8.03. The summed E-state index contributed by atoms with van der Waals surface area (Å²) in [6.45, 7) is 5.84. The molecule has 1 aromatic rings. The molecule has 1 aromatic carbocycles. The Kier molecular flexibility index (Phi) is 4.41. The van der Waals surface area contributed by atoms with Gasteiger partial charge < -0.3 is 19.3 Å². The van der Waals surface area contributed by atoms with Crippen LogP contribution >= 0.6 is 0 Å². The lowest BCUT2D eigenvalue weighted by Gasteiger charge is -2.34. The maximum Gasteiger partial charge on any atom is 0.267 e. The van der Waals surface area contributed by atoms with Crippen molar-refractivity contribution in [1.82, 2.24) is 9.80 Å². The number of hydrogen-bond acceptors (Lipinski definition) is 4. The number of benzene rings is 1. The van der Waals surface area contributed by atoms with Crippen molar-refractivity contribution >= 4 is 11.8 Å². The van der Waals surface area contributed by atoms with Crippen molar-refractivity contribution in [3.63, 3.8) is 0 Å². The summed E-state index contributed by atoms with van der Waals surface area (Å²) in [5.74, 6) is 1.25. The van der Waals surface area contributed by atoms with Gasteiger partial charge in [-0.1, -0.05) is 12.1 Å². The Bertz CT molecular complexity index is 604. The van der Waals surface area contributed by atoms with E-state index in [1.165, 1.54) is 0 Å². The van der Waals surface area contributed by atoms with Crippen molar-refractivity contribution in [1.29, 1.82) is 0 Å². The summed E-state index contributed by atoms with van der Waals surface area (Å²) < 4.78 is 11.7. The highest BCUT2D eigenvalue weighted by molar-refractivity contribution is 5.82. The van der Waals surface area contributed by atoms with Gasteiger partial charge in [-0.15, -0.1) is 0 Å². The quantitative estimate of drug-likeness (QED) is 0.783. The molecule has 1 fully saturated rings. The zero-order valence-electron chi connectivity index (χ0n) is 13.5. The number of nitrogens with zero attached hydrogens (tertiary/aromatic N) is 2. The van der Waals surface area contributed by atoms with E-state index in [4.69, 9.17) is 9.47 Å². The summed E-state index contributed by atoms with van der Waals surface area (Å²) in [4.78, 5) is 27.9. The standard InChI is InChI=1S/C17H22N2O4/c1-12-16(23-15-7-4-3-6-14(15)22-12)17(21)19-9-5-8-18(10-11-19)13(2)20/h3-4,6-7,12,16H,5,8-11H2,1-2H3/t12-,16-/m1/s1. The zero-order valence-corrected chi connectivity index (χ0v) is 13.5. The minimum Gasteiger partial charge on any atom is -0.482 e. The van der Waals surface area contributed by atoms with Crippen LogP contribution in [0.25, 0.3) is 0 Å². The molecule has 0 N–H and O–H groups in total. The molecule has 0 bridgehead atoms. The minimum atomic E-state index is -0.645. The van der Waals surface area contributed by atoms with Crippen molar-refractivity contribution in [2.45, 2.75) is 32.5 Å². The minimum absolute atomic E-state index is 0.0545. The van der Waals surface area contributed by atoms with E-state index in [1.54, 1.807) is 22.8 Å². The summed E-state index contributed by atoms with van der Waals surface area (Å²) in [6.07, 6.45) is -0.206. The Morgan fingerprint density at radius 1 is 1.00 bits per heavy atom. The fraction of sp³-hybridized carbons (Fsp3) is 0.529. The van der Waals surface area contributed by atoms with E-state index in [2.05, 4.69) is 0 Å². The molecular formula is C17H22N2O4. The molecule has 0 unspecified atom stereocenters. The van der Waals surface area contributed by atoms with Crippen LogP contribution < -0.4 is 9.47 Å². The van der Waals surface area contributed by atoms with Gasteiger partial charge in [-0.3, -0.25) is 9.59 Å². The molecule has 0 aliphatic carbocycles. The first-order chi connectivity index (χ1) is 11.1. The van der Waals surface area contributed by atoms with Crippen LogP contribution in [0, 0.1) is 0 Å². The van der Waals surface area contributed by atoms with Crippen LogP contribution in [0.3, 0.4) is 0 Å². The molecule has 1 saturated heterocycles. The molecule has 2 heterocycles. The molecule has 3 rings (SSSR count). The molecule has 0 saturated carbocycles. The Morgan fingerprint density at radius 2 is 1.61 bits per heavy atom. The highest BCUT2D eigenvalue weighted by Crippen LogP contribution is 2.33. The van der Waals surface area contributed by atoms with Crippen molar-refractivity contribution in [3.8, 4) is 11.5 Å². The number of fused-ring (bicyclic) bond motifs is 1. The van der Waals surface area contributed by atoms with E-state index in [0.717, 1.165) is 6.42 Å². The summed E-state index contributed by atoms with van der Waals surface area (Å²) in [5.41, 5.74) is 0. The number of carbonyl (C=O) groups is 2. The van der Waals surface area contributed by atoms with Crippen LogP contribution in [0.4, 0.5) is 0 Å². The first-order valence-corrected chi connectivity index (χ1v) is 8.03. The van der Waals surface area contributed by atoms with Crippen LogP contribution in [0.2, 0.25) is 0 Å². The molecule has 2 aliphatic rings. The van der Waals surface area contributed by atoms with Crippen molar-refractivity contribution in [2.24, 2.45) is 0 Å². The van der Waals surface area contributed by atoms with Gasteiger partial charge in [0.25, 0.3) is 5.91 Å². The van der Waals surface area contributed by atoms with E-state index in [-0.39, 0.29) is 17.9 Å². The summed E-state index contributed by atoms with van der Waals surface area (Å²) in [6, 6.07) is 7.38. The molecule has 0 spiro atoms. The maximum atomic E-state index is 12.8. The molecular weight excluding hydrogens is 296 g/mol. The predicted molar refractivity (Wildman–Crippen MR) is 84.4 cm³/mol. The van der Waals surface area contributed by atoms with Gasteiger partial charge in [0, 0.05) is 33.1 Å². The van der Waals surface area contributed by atoms with Crippen LogP contribution in [-0.2, 0) is 9.59 Å². The van der Waals surface area contributed by atoms with E-state index in [0.29, 0.717) is 37.7 Å². The second kappa shape index (κ2) is 6.48. The van der Waals surface area contributed by atoms with Crippen LogP contribution in [-0.4, -0.2) is 60.0 Å². The normalized spacial score (nSPS) is 24.1. The van der Waals surface area contributed by atoms with E-state index < -0.39 is 6.10 Å². The summed E-state index contributed by atoms with van der Waals surface area (Å²) in [5, 5.41) is 0. The first kappa shape index (κ1) is 15.6. The van der Waals surface area contributed by atoms with Gasteiger partial charge >= 0.3 is 0 Å². The topological polar surface area (TPSA) is 59.1 Å². The van der Waals surface area contributed by atoms with Gasteiger partial charge in [0.15, 0.2) is 11.5 Å². The fourth-order valence-corrected chi connectivity index (χ4v) is 3.02. The molecule has 0 radical (unpaired) electrons. The Hall–Kier alpha value is -2.24. The average molecular weight is 318 g/mol. The van der Waals surface area contributed by atoms with Gasteiger partial charge in [-0.05, 0) is 25.5 Å². The van der Waals surface area contributed by atoms with Crippen LogP contribution in [0.5, 0.6) is 11.5 Å². The second-order valence-electron chi connectivity index (χ2n) is 5.99. The largest absolute Gasteiger partial charge is 0.482 e. The van der Waals surface area contributed by atoms with Crippen LogP contribution in [0.1, 0.15) is 20.3 Å². The van der Waals surface area contributed by atoms with Gasteiger partial charge in [-0.2, -0.15) is 0 Å². The lowest BCUT2D eigenvalue weighted by Crippen LogP contribution is -2.51. The molecule has 2 aliphatic heterocycles. The third kappa shape index (κ3) is 3.25. The predicted octanol–water partition coefficient (Wildman–Crippen LogP) is 1.30. The zero-order chi connectivity index (χ0) is 16.4. The molecule has 23 heavy (non-hydrogen) atoms. The SMILES string of the molecule is CC(=O)N1CCCN(C(=O)[C@@H]2Oc3ccccc3O[C@@H]2C)CC1. The Balaban J connectivity index is 1.69. The highest BCUT2D eigenvalue weighted by Gasteiger charge is 2.37. The van der Waals surface area contributed by atoms with Crippen molar-refractivity contribution < 1.29 is 19.1 Å². The number of carbonyl (C=O) groups excluding carboxylic acids is 2. The number of amides is 2. The highest BCUT2D eigenvalue weighted by atomic mass is 16.6. The molecule has 2 atom stereocenters. The fourth-order valence-electron chi connectivity index (χ4n) is 3.02. The van der Waals surface area contributed by atoms with Gasteiger partial charge in [0.1, 0.15) is 6.10 Å². The lowest BCUT2D eigenvalue weighted by molar-refractivity contribution is -0.144. The van der Waals surface area contributed by atoms with E-state index in [9.17, 15) is 9.59 Å². The summed E-state index contributed by atoms with van der Waals surface area (Å²) in [7, 11) is 0. The lowest BCUT2D eigenvalue weighted by atomic mass is 10.1. The average Bonchev–Trinajstić information content (AvgIpc) is 2.79. The maximum absolute atomic E-state index is 12.8. The molecule has 124 valence electrons. The number of ether oxygens (including phenoxy) is 2. The number of para-hydroxylation sites is 2.